The predicted molar refractivity (Wildman–Crippen MR) is 306 cm³/mol. The number of rotatable bonds is 8. The summed E-state index contributed by atoms with van der Waals surface area (Å²) in [5.41, 5.74) is 14.3. The Morgan fingerprint density at radius 1 is 0.286 bits per heavy atom. The van der Waals surface area contributed by atoms with Gasteiger partial charge in [-0.1, -0.05) is 170 Å². The van der Waals surface area contributed by atoms with E-state index in [1.807, 2.05) is 22.7 Å². The standard InChI is InChI=1S/C66H44N2S2/c1-41-13-3-7-21-57(41)67(47-33-25-43(26-34-47)49-17-11-19-53-51-15-5-9-23-61(51)69-65(49)53)59-39-31-45-30-38-56-60(40-32-46-29-37-55(59)63(45)64(46)56)68(58-22-8-4-14-42(58)2)48-35-27-44(28-36-48)50-18-12-20-54-52-16-6-10-24-62(52)70-66(50)54/h3-40H,1-2H3. The van der Waals surface area contributed by atoms with Gasteiger partial charge in [-0.15, -0.1) is 22.7 Å². The molecule has 0 aliphatic heterocycles. The fourth-order valence-electron chi connectivity index (χ4n) is 11.1. The van der Waals surface area contributed by atoms with Crippen LogP contribution in [0.15, 0.2) is 231 Å². The molecule has 70 heavy (non-hydrogen) atoms. The quantitative estimate of drug-likeness (QED) is 0.140. The number of aryl methyl sites for hydroxylation is 2. The molecule has 0 atom stereocenters. The molecule has 2 heterocycles. The Morgan fingerprint density at radius 2 is 0.671 bits per heavy atom. The molecule has 0 spiro atoms. The predicted octanol–water partition coefficient (Wildman–Crippen LogP) is 20.2. The number of anilines is 6. The summed E-state index contributed by atoms with van der Waals surface area (Å²) in [7, 11) is 0. The number of benzene rings is 12. The van der Waals surface area contributed by atoms with Crippen molar-refractivity contribution in [1.29, 1.82) is 0 Å². The van der Waals surface area contributed by atoms with Crippen molar-refractivity contribution in [3.8, 4) is 22.3 Å². The highest BCUT2D eigenvalue weighted by atomic mass is 32.1. The molecule has 0 radical (unpaired) electrons. The van der Waals surface area contributed by atoms with E-state index >= 15 is 0 Å². The third kappa shape index (κ3) is 6.38. The second-order valence-electron chi connectivity index (χ2n) is 18.5. The van der Waals surface area contributed by atoms with Crippen molar-refractivity contribution in [3.05, 3.63) is 242 Å². The van der Waals surface area contributed by atoms with Crippen molar-refractivity contribution in [2.24, 2.45) is 0 Å². The molecule has 0 amide bonds. The maximum absolute atomic E-state index is 2.46. The lowest BCUT2D eigenvalue weighted by Crippen LogP contribution is -2.12. The Bertz CT molecular complexity index is 4050. The highest BCUT2D eigenvalue weighted by Crippen LogP contribution is 2.49. The molecule has 0 saturated heterocycles. The van der Waals surface area contributed by atoms with Crippen LogP contribution in [0.3, 0.4) is 0 Å². The molecule has 14 rings (SSSR count). The molecule has 12 aromatic carbocycles. The summed E-state index contributed by atoms with van der Waals surface area (Å²) in [6.07, 6.45) is 0. The van der Waals surface area contributed by atoms with Crippen molar-refractivity contribution in [3.63, 3.8) is 0 Å². The minimum atomic E-state index is 1.12. The molecule has 0 aliphatic carbocycles. The first kappa shape index (κ1) is 40.8. The Morgan fingerprint density at radius 3 is 1.11 bits per heavy atom. The van der Waals surface area contributed by atoms with E-state index in [2.05, 4.69) is 254 Å². The Balaban J connectivity index is 0.917. The van der Waals surface area contributed by atoms with Crippen LogP contribution in [0.4, 0.5) is 34.1 Å². The average Bonchev–Trinajstić information content (AvgIpc) is 3.99. The molecule has 4 heteroatoms. The maximum Gasteiger partial charge on any atom is 0.0540 e. The van der Waals surface area contributed by atoms with Crippen LogP contribution in [0.1, 0.15) is 11.1 Å². The molecular formula is C66H44N2S2. The van der Waals surface area contributed by atoms with Gasteiger partial charge in [-0.2, -0.15) is 0 Å². The van der Waals surface area contributed by atoms with Crippen LogP contribution in [-0.4, -0.2) is 0 Å². The summed E-state index contributed by atoms with van der Waals surface area (Å²) in [6, 6.07) is 85.6. The lowest BCUT2D eigenvalue weighted by Gasteiger charge is -2.30. The van der Waals surface area contributed by atoms with Gasteiger partial charge in [0.25, 0.3) is 0 Å². The summed E-state index contributed by atoms with van der Waals surface area (Å²) < 4.78 is 5.31. The summed E-state index contributed by atoms with van der Waals surface area (Å²) in [6.45, 7) is 4.44. The monoisotopic (exact) mass is 928 g/mol. The summed E-state index contributed by atoms with van der Waals surface area (Å²) >= 11 is 3.76. The summed E-state index contributed by atoms with van der Waals surface area (Å²) in [5, 5.41) is 12.7. The van der Waals surface area contributed by atoms with Gasteiger partial charge < -0.3 is 9.80 Å². The third-order valence-corrected chi connectivity index (χ3v) is 16.9. The van der Waals surface area contributed by atoms with Crippen molar-refractivity contribution in [2.45, 2.75) is 13.8 Å². The molecule has 0 N–H and O–H groups in total. The van der Waals surface area contributed by atoms with Gasteiger partial charge in [0.05, 0.1) is 11.4 Å². The first-order valence-electron chi connectivity index (χ1n) is 24.0. The topological polar surface area (TPSA) is 6.48 Å². The highest BCUT2D eigenvalue weighted by Gasteiger charge is 2.24. The van der Waals surface area contributed by atoms with Crippen molar-refractivity contribution in [1.82, 2.24) is 0 Å². The van der Waals surface area contributed by atoms with E-state index in [9.17, 15) is 0 Å². The Hall–Kier alpha value is -8.28. The number of para-hydroxylation sites is 2. The normalized spacial score (nSPS) is 11.9. The molecule has 0 saturated carbocycles. The van der Waals surface area contributed by atoms with Gasteiger partial charge in [-0.25, -0.2) is 0 Å². The molecular weight excluding hydrogens is 885 g/mol. The Kier molecular flexibility index (Phi) is 9.42. The largest absolute Gasteiger partial charge is 0.310 e. The fraction of sp³-hybridized carbons (Fsp3) is 0.0303. The van der Waals surface area contributed by atoms with Gasteiger partial charge in [0, 0.05) is 73.9 Å². The third-order valence-electron chi connectivity index (χ3n) is 14.5. The number of nitrogens with zero attached hydrogens (tertiary/aromatic N) is 2. The number of hydrogen-bond donors (Lipinski definition) is 0. The van der Waals surface area contributed by atoms with E-state index < -0.39 is 0 Å². The van der Waals surface area contributed by atoms with E-state index in [-0.39, 0.29) is 0 Å². The maximum atomic E-state index is 2.46. The van der Waals surface area contributed by atoms with Crippen LogP contribution in [0.25, 0.3) is 94.9 Å². The second-order valence-corrected chi connectivity index (χ2v) is 20.6. The zero-order chi connectivity index (χ0) is 46.5. The fourth-order valence-corrected chi connectivity index (χ4v) is 13.6. The summed E-state index contributed by atoms with van der Waals surface area (Å²) in [5.74, 6) is 0. The first-order chi connectivity index (χ1) is 34.6. The van der Waals surface area contributed by atoms with Crippen LogP contribution in [0.2, 0.25) is 0 Å². The SMILES string of the molecule is Cc1ccccc1N(c1ccc(-c2cccc3c2sc2ccccc23)cc1)c1ccc2ccc3c(N(c4ccc(-c5cccc6c5sc5ccccc56)cc4)c4ccccc4C)ccc4ccc1c2c43. The summed E-state index contributed by atoms with van der Waals surface area (Å²) in [4.78, 5) is 4.93. The Labute approximate surface area is 414 Å². The van der Waals surface area contributed by atoms with Crippen LogP contribution in [0.5, 0.6) is 0 Å². The van der Waals surface area contributed by atoms with Gasteiger partial charge in [0.2, 0.25) is 0 Å². The van der Waals surface area contributed by atoms with Crippen molar-refractivity contribution in [2.75, 3.05) is 9.80 Å². The van der Waals surface area contributed by atoms with E-state index in [0.29, 0.717) is 0 Å². The van der Waals surface area contributed by atoms with Gasteiger partial charge in [0.15, 0.2) is 0 Å². The average molecular weight is 929 g/mol. The van der Waals surface area contributed by atoms with Crippen LogP contribution in [0, 0.1) is 13.8 Å². The minimum Gasteiger partial charge on any atom is -0.310 e. The van der Waals surface area contributed by atoms with Gasteiger partial charge >= 0.3 is 0 Å². The smallest absolute Gasteiger partial charge is 0.0540 e. The van der Waals surface area contributed by atoms with E-state index in [4.69, 9.17) is 0 Å². The number of thiophene rings is 2. The minimum absolute atomic E-state index is 1.12. The van der Waals surface area contributed by atoms with Crippen molar-refractivity contribution >= 4 is 129 Å². The lowest BCUT2D eigenvalue weighted by atomic mass is 9.91. The van der Waals surface area contributed by atoms with Crippen LogP contribution in [-0.2, 0) is 0 Å². The molecule has 2 nitrogen and oxygen atoms in total. The molecule has 0 unspecified atom stereocenters. The van der Waals surface area contributed by atoms with E-state index in [0.717, 1.165) is 34.1 Å². The molecule has 0 aliphatic rings. The van der Waals surface area contributed by atoms with E-state index in [1.54, 1.807) is 0 Å². The highest BCUT2D eigenvalue weighted by molar-refractivity contribution is 7.26. The molecule has 2 aromatic heterocycles. The molecule has 0 fully saturated rings. The second kappa shape index (κ2) is 16.2. The van der Waals surface area contributed by atoms with Gasteiger partial charge in [0.1, 0.15) is 0 Å². The molecule has 330 valence electrons. The lowest BCUT2D eigenvalue weighted by molar-refractivity contribution is 1.26. The zero-order valence-corrected chi connectivity index (χ0v) is 40.3. The zero-order valence-electron chi connectivity index (χ0n) is 38.7. The van der Waals surface area contributed by atoms with Gasteiger partial charge in [-0.05, 0) is 129 Å². The molecule has 14 aromatic rings. The van der Waals surface area contributed by atoms with Crippen molar-refractivity contribution < 1.29 is 0 Å². The van der Waals surface area contributed by atoms with Crippen LogP contribution >= 0.6 is 22.7 Å². The number of hydrogen-bond acceptors (Lipinski definition) is 4. The van der Waals surface area contributed by atoms with Gasteiger partial charge in [-0.3, -0.25) is 0 Å². The first-order valence-corrected chi connectivity index (χ1v) is 25.6. The molecule has 0 bridgehead atoms. The van der Waals surface area contributed by atoms with Crippen LogP contribution < -0.4 is 9.80 Å². The van der Waals surface area contributed by atoms with E-state index in [1.165, 1.54) is 106 Å². The number of fused-ring (bicyclic) bond motifs is 6.